The highest BCUT2D eigenvalue weighted by Gasteiger charge is 2.50. The summed E-state index contributed by atoms with van der Waals surface area (Å²) in [6.07, 6.45) is 42.1. The van der Waals surface area contributed by atoms with Crippen molar-refractivity contribution in [3.8, 4) is 0 Å². The fourth-order valence-corrected chi connectivity index (χ4v) is 7.81. The maximum absolute atomic E-state index is 13.1. The maximum atomic E-state index is 13.1. The maximum Gasteiger partial charge on any atom is 0.335 e. The highest BCUT2D eigenvalue weighted by molar-refractivity contribution is 5.74. The molecule has 6 atom stereocenters. The number of aliphatic hydroxyl groups is 2. The molecule has 0 aliphatic carbocycles. The van der Waals surface area contributed by atoms with Crippen LogP contribution in [-0.2, 0) is 42.9 Å². The van der Waals surface area contributed by atoms with Crippen LogP contribution in [0.25, 0.3) is 0 Å². The van der Waals surface area contributed by atoms with Crippen molar-refractivity contribution in [2.24, 2.45) is 0 Å². The van der Waals surface area contributed by atoms with E-state index in [2.05, 4.69) is 81.5 Å². The molecule has 3 N–H and O–H groups in total. The minimum atomic E-state index is -1.91. The predicted octanol–water partition coefficient (Wildman–Crippen LogP) is 13.2. The average molecular weight is 973 g/mol. The van der Waals surface area contributed by atoms with E-state index in [1.54, 1.807) is 0 Å². The van der Waals surface area contributed by atoms with Gasteiger partial charge in [0, 0.05) is 19.3 Å². The molecular formula is C57H96O12. The number of carboxylic acid groups (broad SMARTS) is 1. The van der Waals surface area contributed by atoms with Crippen molar-refractivity contribution in [1.82, 2.24) is 0 Å². The Morgan fingerprint density at radius 3 is 1.41 bits per heavy atom. The van der Waals surface area contributed by atoms with E-state index in [1.807, 2.05) is 0 Å². The van der Waals surface area contributed by atoms with E-state index < -0.39 is 67.3 Å². The van der Waals surface area contributed by atoms with Gasteiger partial charge in [-0.15, -0.1) is 0 Å². The zero-order valence-electron chi connectivity index (χ0n) is 43.3. The molecule has 1 fully saturated rings. The van der Waals surface area contributed by atoms with Gasteiger partial charge in [0.1, 0.15) is 18.8 Å². The third-order valence-electron chi connectivity index (χ3n) is 12.0. The van der Waals surface area contributed by atoms with Gasteiger partial charge in [0.2, 0.25) is 0 Å². The standard InChI is InChI=1S/C57H96O12/c1-4-7-10-13-16-19-22-23-24-25-26-27-30-31-34-37-40-43-49(58)65-46-48(67-50(59)44-41-38-35-32-28-20-17-14-11-8-5-2)47-66-57-55(53(62)52(61)54(69-57)56(63)64)68-51(60)45-42-39-36-33-29-21-18-15-12-9-6-3/h7,10,14-19,23-24,48,52-55,57,61-62H,4-6,8-9,11-13,20-22,25-47H2,1-3H3,(H,63,64)/b10-7-,17-14-,18-15-,19-16-,24-23-. The van der Waals surface area contributed by atoms with Gasteiger partial charge in [0.15, 0.2) is 24.6 Å². The van der Waals surface area contributed by atoms with Gasteiger partial charge in [0.25, 0.3) is 0 Å². The average Bonchev–Trinajstić information content (AvgIpc) is 3.33. The number of carbonyl (C=O) groups is 4. The van der Waals surface area contributed by atoms with Gasteiger partial charge in [-0.25, -0.2) is 4.79 Å². The van der Waals surface area contributed by atoms with Gasteiger partial charge >= 0.3 is 23.9 Å². The molecule has 396 valence electrons. The number of ether oxygens (including phenoxy) is 5. The number of rotatable bonds is 45. The fourth-order valence-electron chi connectivity index (χ4n) is 7.81. The summed E-state index contributed by atoms with van der Waals surface area (Å²) in [5, 5.41) is 31.3. The lowest BCUT2D eigenvalue weighted by Gasteiger charge is -2.40. The molecule has 1 heterocycles. The number of hydrogen-bond donors (Lipinski definition) is 3. The summed E-state index contributed by atoms with van der Waals surface area (Å²) in [5.74, 6) is -3.16. The van der Waals surface area contributed by atoms with E-state index in [9.17, 15) is 34.5 Å². The van der Waals surface area contributed by atoms with Crippen LogP contribution in [-0.4, -0.2) is 89.2 Å². The van der Waals surface area contributed by atoms with Gasteiger partial charge in [-0.1, -0.05) is 178 Å². The Balaban J connectivity index is 2.71. The largest absolute Gasteiger partial charge is 0.479 e. The molecule has 0 aromatic carbocycles. The Kier molecular flexibility index (Phi) is 41.9. The Morgan fingerprint density at radius 2 is 0.913 bits per heavy atom. The minimum Gasteiger partial charge on any atom is -0.479 e. The van der Waals surface area contributed by atoms with Crippen molar-refractivity contribution in [3.63, 3.8) is 0 Å². The molecule has 12 nitrogen and oxygen atoms in total. The van der Waals surface area contributed by atoms with E-state index in [0.29, 0.717) is 19.3 Å². The second-order valence-electron chi connectivity index (χ2n) is 18.5. The number of hydrogen-bond acceptors (Lipinski definition) is 11. The summed E-state index contributed by atoms with van der Waals surface area (Å²) >= 11 is 0. The number of carboxylic acids is 1. The lowest BCUT2D eigenvalue weighted by Crippen LogP contribution is -2.61. The number of aliphatic hydroxyl groups excluding tert-OH is 2. The highest BCUT2D eigenvalue weighted by atomic mass is 16.7. The molecule has 12 heteroatoms. The number of esters is 3. The predicted molar refractivity (Wildman–Crippen MR) is 275 cm³/mol. The molecule has 0 radical (unpaired) electrons. The molecule has 1 aliphatic heterocycles. The number of allylic oxidation sites excluding steroid dienone is 10. The summed E-state index contributed by atoms with van der Waals surface area (Å²) in [7, 11) is 0. The van der Waals surface area contributed by atoms with Gasteiger partial charge < -0.3 is 39.0 Å². The molecule has 0 saturated carbocycles. The summed E-state index contributed by atoms with van der Waals surface area (Å²) < 4.78 is 28.3. The normalized spacial score (nSPS) is 19.1. The molecule has 0 aromatic heterocycles. The number of carbonyl (C=O) groups excluding carboxylic acids is 3. The molecule has 0 amide bonds. The molecular weight excluding hydrogens is 877 g/mol. The molecule has 69 heavy (non-hydrogen) atoms. The molecule has 1 rings (SSSR count). The van der Waals surface area contributed by atoms with Crippen LogP contribution in [0.15, 0.2) is 60.8 Å². The molecule has 1 saturated heterocycles. The van der Waals surface area contributed by atoms with Gasteiger partial charge in [-0.05, 0) is 89.9 Å². The van der Waals surface area contributed by atoms with Gasteiger partial charge in [0.05, 0.1) is 6.61 Å². The van der Waals surface area contributed by atoms with Crippen molar-refractivity contribution in [1.29, 1.82) is 0 Å². The molecule has 0 spiro atoms. The van der Waals surface area contributed by atoms with E-state index in [4.69, 9.17) is 23.7 Å². The van der Waals surface area contributed by atoms with Crippen LogP contribution in [0, 0.1) is 0 Å². The smallest absolute Gasteiger partial charge is 0.335 e. The first-order chi connectivity index (χ1) is 33.6. The summed E-state index contributed by atoms with van der Waals surface area (Å²) in [6.45, 7) is 5.76. The van der Waals surface area contributed by atoms with Crippen LogP contribution in [0.2, 0.25) is 0 Å². The van der Waals surface area contributed by atoms with E-state index in [-0.39, 0.29) is 25.9 Å². The zero-order chi connectivity index (χ0) is 50.4. The highest BCUT2D eigenvalue weighted by Crippen LogP contribution is 2.26. The molecule has 6 unspecified atom stereocenters. The molecule has 1 aliphatic rings. The first kappa shape index (κ1) is 63.4. The second kappa shape index (κ2) is 45.6. The van der Waals surface area contributed by atoms with E-state index in [0.717, 1.165) is 135 Å². The third kappa shape index (κ3) is 36.1. The first-order valence-electron chi connectivity index (χ1n) is 27.3. The van der Waals surface area contributed by atoms with Crippen LogP contribution in [0.3, 0.4) is 0 Å². The lowest BCUT2D eigenvalue weighted by molar-refractivity contribution is -0.301. The SMILES string of the molecule is CC/C=C\C/C=C\C/C=C\CCCCCCCCCC(=O)OCC(COC1OC(C(=O)O)C(O)C(O)C1OC(=O)CCCCCCC/C=C\CCCC)OC(=O)CCCCCCC/C=C\CCCC. The summed E-state index contributed by atoms with van der Waals surface area (Å²) in [5.41, 5.74) is 0. The minimum absolute atomic E-state index is 0.0475. The van der Waals surface area contributed by atoms with Crippen LogP contribution >= 0.6 is 0 Å². The van der Waals surface area contributed by atoms with Crippen molar-refractivity contribution in [3.05, 3.63) is 60.8 Å². The van der Waals surface area contributed by atoms with Crippen molar-refractivity contribution < 1.29 is 58.2 Å². The molecule has 0 bridgehead atoms. The van der Waals surface area contributed by atoms with Crippen LogP contribution in [0.4, 0.5) is 0 Å². The Labute approximate surface area is 417 Å². The fraction of sp³-hybridized carbons (Fsp3) is 0.754. The van der Waals surface area contributed by atoms with Crippen molar-refractivity contribution in [2.45, 2.75) is 263 Å². The van der Waals surface area contributed by atoms with Crippen molar-refractivity contribution >= 4 is 23.9 Å². The van der Waals surface area contributed by atoms with E-state index in [1.165, 1.54) is 32.1 Å². The first-order valence-corrected chi connectivity index (χ1v) is 27.3. The van der Waals surface area contributed by atoms with Gasteiger partial charge in [-0.2, -0.15) is 0 Å². The number of aliphatic carboxylic acids is 1. The third-order valence-corrected chi connectivity index (χ3v) is 12.0. The van der Waals surface area contributed by atoms with Crippen LogP contribution in [0.5, 0.6) is 0 Å². The Hall–Kier alpha value is -3.58. The van der Waals surface area contributed by atoms with Crippen molar-refractivity contribution in [2.75, 3.05) is 13.2 Å². The number of unbranched alkanes of at least 4 members (excludes halogenated alkanes) is 21. The van der Waals surface area contributed by atoms with Gasteiger partial charge in [-0.3, -0.25) is 14.4 Å². The zero-order valence-corrected chi connectivity index (χ0v) is 43.3. The quantitative estimate of drug-likeness (QED) is 0.0228. The summed E-state index contributed by atoms with van der Waals surface area (Å²) in [4.78, 5) is 50.9. The summed E-state index contributed by atoms with van der Waals surface area (Å²) in [6, 6.07) is 0. The Morgan fingerprint density at radius 1 is 0.493 bits per heavy atom. The lowest BCUT2D eigenvalue weighted by atomic mass is 9.98. The van der Waals surface area contributed by atoms with E-state index >= 15 is 0 Å². The van der Waals surface area contributed by atoms with Crippen LogP contribution < -0.4 is 0 Å². The monoisotopic (exact) mass is 973 g/mol. The Bertz CT molecular complexity index is 1440. The topological polar surface area (TPSA) is 175 Å². The second-order valence-corrected chi connectivity index (χ2v) is 18.5. The molecule has 0 aromatic rings. The van der Waals surface area contributed by atoms with Crippen LogP contribution in [0.1, 0.15) is 226 Å².